The van der Waals surface area contributed by atoms with E-state index < -0.39 is 11.2 Å². The Bertz CT molecular complexity index is 681. The second kappa shape index (κ2) is 10.0. The van der Waals surface area contributed by atoms with E-state index in [9.17, 15) is 4.79 Å². The van der Waals surface area contributed by atoms with Crippen LogP contribution in [0.25, 0.3) is 6.08 Å². The van der Waals surface area contributed by atoms with E-state index in [1.165, 1.54) is 12.7 Å². The number of ether oxygens (including phenoxy) is 1. The third-order valence-corrected chi connectivity index (χ3v) is 5.08. The van der Waals surface area contributed by atoms with Crippen molar-refractivity contribution < 1.29 is 19.3 Å². The summed E-state index contributed by atoms with van der Waals surface area (Å²) in [6.07, 6.45) is 11.6. The van der Waals surface area contributed by atoms with Gasteiger partial charge < -0.3 is 4.74 Å². The Hall–Kier alpha value is -1.91. The lowest BCUT2D eigenvalue weighted by Gasteiger charge is -2.24. The third-order valence-electron chi connectivity index (χ3n) is 5.08. The molecular weight excluding hydrogens is 352 g/mol. The lowest BCUT2D eigenvalue weighted by Crippen LogP contribution is -2.32. The van der Waals surface area contributed by atoms with E-state index in [0.717, 1.165) is 12.8 Å². The van der Waals surface area contributed by atoms with Gasteiger partial charge in [0.15, 0.2) is 0 Å². The van der Waals surface area contributed by atoms with Crippen molar-refractivity contribution in [2.24, 2.45) is 11.8 Å². The summed E-state index contributed by atoms with van der Waals surface area (Å²) in [6.45, 7) is 8.36. The molecule has 4 heteroatoms. The zero-order valence-electron chi connectivity index (χ0n) is 17.8. The van der Waals surface area contributed by atoms with Crippen molar-refractivity contribution >= 4 is 12.0 Å². The molecule has 0 aliphatic carbocycles. The van der Waals surface area contributed by atoms with E-state index in [1.807, 2.05) is 19.9 Å². The smallest absolute Gasteiger partial charge is 0.308 e. The monoisotopic (exact) mass is 386 g/mol. The molecule has 4 unspecified atom stereocenters. The van der Waals surface area contributed by atoms with Gasteiger partial charge >= 0.3 is 5.97 Å². The van der Waals surface area contributed by atoms with Crippen LogP contribution in [0.5, 0.6) is 0 Å². The van der Waals surface area contributed by atoms with E-state index in [2.05, 4.69) is 62.4 Å². The van der Waals surface area contributed by atoms with Crippen molar-refractivity contribution in [1.82, 2.24) is 0 Å². The third kappa shape index (κ3) is 7.25. The van der Waals surface area contributed by atoms with Crippen molar-refractivity contribution in [3.05, 3.63) is 54.1 Å². The Morgan fingerprint density at radius 2 is 1.79 bits per heavy atom. The minimum atomic E-state index is -0.623. The van der Waals surface area contributed by atoms with Gasteiger partial charge in [0, 0.05) is 6.42 Å². The molecule has 2 rings (SSSR count). The van der Waals surface area contributed by atoms with Crippen molar-refractivity contribution in [3.8, 4) is 0 Å². The summed E-state index contributed by atoms with van der Waals surface area (Å²) in [7, 11) is 1.39. The SMILES string of the molecule is COC(=O)CC1(C)CC(C)(CC(C)C=CCC(C)C=Cc2ccccc2)OO1. The average Bonchev–Trinajstić information content (AvgIpc) is 2.94. The number of hydrogen-bond donors (Lipinski definition) is 0. The van der Waals surface area contributed by atoms with Crippen molar-refractivity contribution in [1.29, 1.82) is 0 Å². The Kier molecular flexibility index (Phi) is 8.02. The zero-order valence-corrected chi connectivity index (χ0v) is 17.8. The lowest BCUT2D eigenvalue weighted by atomic mass is 9.82. The molecule has 4 nitrogen and oxygen atoms in total. The van der Waals surface area contributed by atoms with Gasteiger partial charge in [-0.05, 0) is 44.1 Å². The summed E-state index contributed by atoms with van der Waals surface area (Å²) < 4.78 is 4.76. The maximum absolute atomic E-state index is 11.6. The highest BCUT2D eigenvalue weighted by molar-refractivity contribution is 5.70. The molecule has 0 aromatic heterocycles. The first-order valence-electron chi connectivity index (χ1n) is 10.1. The fourth-order valence-corrected chi connectivity index (χ4v) is 3.82. The van der Waals surface area contributed by atoms with Crippen LogP contribution in [0.15, 0.2) is 48.6 Å². The maximum atomic E-state index is 11.6. The van der Waals surface area contributed by atoms with Crippen LogP contribution in [-0.4, -0.2) is 24.3 Å². The van der Waals surface area contributed by atoms with E-state index >= 15 is 0 Å². The first-order valence-corrected chi connectivity index (χ1v) is 10.1. The van der Waals surface area contributed by atoms with Crippen LogP contribution in [0.3, 0.4) is 0 Å². The number of hydrogen-bond acceptors (Lipinski definition) is 4. The van der Waals surface area contributed by atoms with Crippen LogP contribution in [0, 0.1) is 11.8 Å². The fraction of sp³-hybridized carbons (Fsp3) is 0.542. The van der Waals surface area contributed by atoms with Gasteiger partial charge in [0.2, 0.25) is 0 Å². The molecule has 1 aliphatic heterocycles. The highest BCUT2D eigenvalue weighted by Gasteiger charge is 2.47. The quantitative estimate of drug-likeness (QED) is 0.308. The van der Waals surface area contributed by atoms with Crippen LogP contribution in [0.2, 0.25) is 0 Å². The number of allylic oxidation sites excluding steroid dienone is 3. The molecule has 0 amide bonds. The van der Waals surface area contributed by atoms with Crippen LogP contribution >= 0.6 is 0 Å². The summed E-state index contributed by atoms with van der Waals surface area (Å²) in [5.74, 6) is 0.564. The van der Waals surface area contributed by atoms with Gasteiger partial charge in [-0.1, -0.05) is 68.5 Å². The van der Waals surface area contributed by atoms with E-state index in [-0.39, 0.29) is 12.4 Å². The summed E-state index contributed by atoms with van der Waals surface area (Å²) >= 11 is 0. The molecule has 0 bridgehead atoms. The number of carbonyl (C=O) groups is 1. The predicted molar refractivity (Wildman–Crippen MR) is 112 cm³/mol. The van der Waals surface area contributed by atoms with Gasteiger partial charge in [0.05, 0.1) is 13.5 Å². The number of methoxy groups -OCH3 is 1. The molecule has 0 N–H and O–H groups in total. The second-order valence-corrected chi connectivity index (χ2v) is 8.59. The Morgan fingerprint density at radius 3 is 2.46 bits per heavy atom. The standard InChI is InChI=1S/C24H34O4/c1-19(14-15-21-12-7-6-8-13-21)10-9-11-20(2)16-23(3)18-24(4,28-27-23)17-22(25)26-5/h6-9,11-15,19-20H,10,16-18H2,1-5H3. The summed E-state index contributed by atoms with van der Waals surface area (Å²) in [5, 5.41) is 0. The Balaban J connectivity index is 1.79. The lowest BCUT2D eigenvalue weighted by molar-refractivity contribution is -0.346. The molecule has 1 aromatic rings. The summed E-state index contributed by atoms with van der Waals surface area (Å²) in [6, 6.07) is 10.4. The molecule has 154 valence electrons. The fourth-order valence-electron chi connectivity index (χ4n) is 3.82. The van der Waals surface area contributed by atoms with Gasteiger partial charge in [-0.15, -0.1) is 0 Å². The highest BCUT2D eigenvalue weighted by Crippen LogP contribution is 2.41. The molecule has 0 radical (unpaired) electrons. The van der Waals surface area contributed by atoms with Crippen LogP contribution in [-0.2, 0) is 19.3 Å². The normalized spacial score (nSPS) is 27.3. The van der Waals surface area contributed by atoms with Crippen LogP contribution < -0.4 is 0 Å². The average molecular weight is 387 g/mol. The van der Waals surface area contributed by atoms with Gasteiger partial charge in [-0.3, -0.25) is 4.79 Å². The Labute approximate surface area is 169 Å². The van der Waals surface area contributed by atoms with Crippen molar-refractivity contribution in [3.63, 3.8) is 0 Å². The van der Waals surface area contributed by atoms with Crippen molar-refractivity contribution in [2.45, 2.75) is 64.6 Å². The molecule has 1 fully saturated rings. The predicted octanol–water partition coefficient (Wildman–Crippen LogP) is 5.74. The highest BCUT2D eigenvalue weighted by atomic mass is 17.2. The molecule has 1 saturated heterocycles. The largest absolute Gasteiger partial charge is 0.469 e. The van der Waals surface area contributed by atoms with E-state index in [4.69, 9.17) is 14.5 Å². The molecule has 28 heavy (non-hydrogen) atoms. The summed E-state index contributed by atoms with van der Waals surface area (Å²) in [5.41, 5.74) is 0.209. The summed E-state index contributed by atoms with van der Waals surface area (Å²) in [4.78, 5) is 22.7. The van der Waals surface area contributed by atoms with Gasteiger partial charge in [-0.2, -0.15) is 0 Å². The number of carbonyl (C=O) groups excluding carboxylic acids is 1. The van der Waals surface area contributed by atoms with Crippen LogP contribution in [0.4, 0.5) is 0 Å². The topological polar surface area (TPSA) is 44.8 Å². The molecule has 0 saturated carbocycles. The second-order valence-electron chi connectivity index (χ2n) is 8.59. The maximum Gasteiger partial charge on any atom is 0.308 e. The van der Waals surface area contributed by atoms with Crippen LogP contribution in [0.1, 0.15) is 58.9 Å². The van der Waals surface area contributed by atoms with Gasteiger partial charge in [0.1, 0.15) is 11.2 Å². The first-order chi connectivity index (χ1) is 13.2. The number of rotatable bonds is 9. The molecule has 1 heterocycles. The number of esters is 1. The molecule has 0 spiro atoms. The minimum absolute atomic E-state index is 0.203. The molecular formula is C24H34O4. The first kappa shape index (κ1) is 22.4. The van der Waals surface area contributed by atoms with Gasteiger partial charge in [-0.25, -0.2) is 9.78 Å². The molecule has 1 aliphatic rings. The number of benzene rings is 1. The van der Waals surface area contributed by atoms with Gasteiger partial charge in [0.25, 0.3) is 0 Å². The van der Waals surface area contributed by atoms with E-state index in [0.29, 0.717) is 18.3 Å². The molecule has 4 atom stereocenters. The minimum Gasteiger partial charge on any atom is -0.469 e. The Morgan fingerprint density at radius 1 is 1.11 bits per heavy atom. The van der Waals surface area contributed by atoms with Crippen molar-refractivity contribution in [2.75, 3.05) is 7.11 Å². The van der Waals surface area contributed by atoms with E-state index in [1.54, 1.807) is 0 Å². The molecule has 1 aromatic carbocycles. The zero-order chi connectivity index (χ0) is 20.6.